The Morgan fingerprint density at radius 2 is 1.24 bits per heavy atom. The van der Waals surface area contributed by atoms with Crippen molar-refractivity contribution in [2.75, 3.05) is 33.7 Å². The number of likely N-dealkylation sites (N-methyl/N-ethyl adjacent to an activating group) is 2. The largest absolute Gasteiger partial charge is 0.480 e. The number of hydrogen-bond donors (Lipinski definition) is 9. The molecule has 0 amide bonds. The zero-order valence-electron chi connectivity index (χ0n) is 25.6. The lowest BCUT2D eigenvalue weighted by Crippen LogP contribution is -2.42. The Bertz CT molecular complexity index is 792. The van der Waals surface area contributed by atoms with E-state index in [4.69, 9.17) is 30.6 Å². The number of likely N-dealkylation sites (tertiary alicyclic amines) is 1. The highest BCUT2D eigenvalue weighted by Crippen LogP contribution is 2.17. The molecule has 15 nitrogen and oxygen atoms in total. The van der Waals surface area contributed by atoms with Crippen LogP contribution in [0.15, 0.2) is 0 Å². The minimum Gasteiger partial charge on any atom is -0.480 e. The Morgan fingerprint density at radius 3 is 1.48 bits per heavy atom. The van der Waals surface area contributed by atoms with Crippen molar-refractivity contribution in [2.45, 2.75) is 96.5 Å². The van der Waals surface area contributed by atoms with E-state index in [2.05, 4.69) is 16.0 Å². The molecule has 0 aromatic heterocycles. The molecule has 0 aromatic rings. The lowest BCUT2D eigenvalue weighted by molar-refractivity contribution is -0.150. The molecule has 15 heteroatoms. The van der Waals surface area contributed by atoms with Gasteiger partial charge in [0.15, 0.2) is 6.10 Å². The summed E-state index contributed by atoms with van der Waals surface area (Å²) in [6.07, 6.45) is 2.89. The molecule has 0 aromatic carbocycles. The summed E-state index contributed by atoms with van der Waals surface area (Å²) in [4.78, 5) is 53.5. The average Bonchev–Trinajstić information content (AvgIpc) is 3.59. The number of aliphatic hydroxyl groups is 1. The third-order valence-corrected chi connectivity index (χ3v) is 6.41. The topological polar surface area (TPSA) is 246 Å². The van der Waals surface area contributed by atoms with E-state index in [9.17, 15) is 24.0 Å². The summed E-state index contributed by atoms with van der Waals surface area (Å²) in [5.41, 5.74) is 0. The summed E-state index contributed by atoms with van der Waals surface area (Å²) in [5, 5.41) is 60.1. The van der Waals surface area contributed by atoms with Crippen LogP contribution in [0.4, 0.5) is 0 Å². The van der Waals surface area contributed by atoms with Gasteiger partial charge in [-0.25, -0.2) is 4.79 Å². The number of nitrogens with zero attached hydrogens (tertiary/aromatic N) is 1. The third kappa shape index (κ3) is 19.3. The summed E-state index contributed by atoms with van der Waals surface area (Å²) in [6.45, 7) is 9.30. The highest BCUT2D eigenvalue weighted by atomic mass is 16.4. The Labute approximate surface area is 247 Å². The maximum atomic E-state index is 10.7. The highest BCUT2D eigenvalue weighted by Gasteiger charge is 2.32. The first-order valence-corrected chi connectivity index (χ1v) is 14.1. The van der Waals surface area contributed by atoms with E-state index in [1.807, 2.05) is 27.7 Å². The van der Waals surface area contributed by atoms with Crippen molar-refractivity contribution in [1.29, 1.82) is 0 Å². The van der Waals surface area contributed by atoms with E-state index in [-0.39, 0.29) is 24.7 Å². The third-order valence-electron chi connectivity index (χ3n) is 6.41. The van der Waals surface area contributed by atoms with Crippen LogP contribution >= 0.6 is 0 Å². The molecule has 0 aliphatic carbocycles. The van der Waals surface area contributed by atoms with E-state index in [1.165, 1.54) is 4.90 Å². The predicted molar refractivity (Wildman–Crippen MR) is 154 cm³/mol. The number of nitrogens with one attached hydrogen (secondary N) is 3. The van der Waals surface area contributed by atoms with Gasteiger partial charge >= 0.3 is 29.8 Å². The van der Waals surface area contributed by atoms with Crippen LogP contribution < -0.4 is 16.0 Å². The van der Waals surface area contributed by atoms with Gasteiger partial charge in [0.2, 0.25) is 0 Å². The molecule has 0 bridgehead atoms. The lowest BCUT2D eigenvalue weighted by Gasteiger charge is -2.21. The number of carboxylic acids is 5. The summed E-state index contributed by atoms with van der Waals surface area (Å²) >= 11 is 0. The molecule has 42 heavy (non-hydrogen) atoms. The van der Waals surface area contributed by atoms with E-state index in [0.717, 1.165) is 25.8 Å². The number of aliphatic carboxylic acids is 5. The standard InChI is InChI=1S/C8H13NO5.2C7H15NO2.C5H9NO2/c10-6(8(13)14)4-9-3-1-2-5(9)7(11)12;2*1-5(2)4-6(8-3)7(9)10;7-5(8)4-2-1-3-6-4/h5-6,10H,1-4H2,(H,11,12)(H,13,14);2*5-6,8H,4H2,1-3H3,(H,9,10);4,6H,1-3H2,(H,7,8)/t5-,6?;2*6-;4-/m0000/s1. The van der Waals surface area contributed by atoms with Gasteiger partial charge in [0.1, 0.15) is 24.2 Å². The van der Waals surface area contributed by atoms with E-state index in [0.29, 0.717) is 37.6 Å². The van der Waals surface area contributed by atoms with Crippen molar-refractivity contribution in [3.63, 3.8) is 0 Å². The van der Waals surface area contributed by atoms with Gasteiger partial charge in [-0.05, 0) is 77.5 Å². The van der Waals surface area contributed by atoms with Crippen LogP contribution in [0.3, 0.4) is 0 Å². The Kier molecular flexibility index (Phi) is 22.3. The second kappa shape index (κ2) is 22.7. The van der Waals surface area contributed by atoms with Crippen molar-refractivity contribution in [1.82, 2.24) is 20.9 Å². The minimum atomic E-state index is -1.50. The molecule has 2 saturated heterocycles. The van der Waals surface area contributed by atoms with Crippen LogP contribution in [0, 0.1) is 11.8 Å². The maximum Gasteiger partial charge on any atom is 0.333 e. The van der Waals surface area contributed by atoms with Crippen molar-refractivity contribution in [2.24, 2.45) is 11.8 Å². The van der Waals surface area contributed by atoms with Gasteiger partial charge in [0.25, 0.3) is 0 Å². The molecule has 2 aliphatic rings. The Morgan fingerprint density at radius 1 is 0.762 bits per heavy atom. The van der Waals surface area contributed by atoms with Crippen LogP contribution in [-0.2, 0) is 24.0 Å². The first-order valence-electron chi connectivity index (χ1n) is 14.1. The SMILES string of the molecule is CN[C@@H](CC(C)C)C(=O)O.CN[C@@H](CC(C)C)C(=O)O.O=C(O)C(O)CN1CCC[C@H]1C(=O)O.O=C(O)[C@@H]1CCCN1. The van der Waals surface area contributed by atoms with Crippen molar-refractivity contribution in [3.05, 3.63) is 0 Å². The minimum absolute atomic E-state index is 0.119. The molecule has 0 spiro atoms. The second-order valence-electron chi connectivity index (χ2n) is 11.0. The highest BCUT2D eigenvalue weighted by molar-refractivity contribution is 5.75. The van der Waals surface area contributed by atoms with Gasteiger partial charge in [-0.15, -0.1) is 0 Å². The lowest BCUT2D eigenvalue weighted by atomic mass is 10.0. The van der Waals surface area contributed by atoms with E-state index in [1.54, 1.807) is 14.1 Å². The maximum absolute atomic E-state index is 10.7. The van der Waals surface area contributed by atoms with E-state index >= 15 is 0 Å². The molecule has 9 N–H and O–H groups in total. The Balaban J connectivity index is 0. The molecular weight excluding hydrogens is 556 g/mol. The molecule has 2 aliphatic heterocycles. The van der Waals surface area contributed by atoms with Crippen LogP contribution in [0.1, 0.15) is 66.2 Å². The summed E-state index contributed by atoms with van der Waals surface area (Å²) in [7, 11) is 3.34. The van der Waals surface area contributed by atoms with E-state index < -0.39 is 42.0 Å². The van der Waals surface area contributed by atoms with Gasteiger partial charge in [0, 0.05) is 6.54 Å². The van der Waals surface area contributed by atoms with Gasteiger partial charge in [-0.2, -0.15) is 0 Å². The number of carbonyl (C=O) groups is 5. The van der Waals surface area contributed by atoms with Gasteiger partial charge in [0.05, 0.1) is 0 Å². The summed E-state index contributed by atoms with van der Waals surface area (Å²) in [6, 6.07) is -1.70. The first-order chi connectivity index (χ1) is 19.5. The Hall–Kier alpha value is -2.85. The van der Waals surface area contributed by atoms with Crippen LogP contribution in [0.5, 0.6) is 0 Å². The fraction of sp³-hybridized carbons (Fsp3) is 0.815. The molecule has 0 radical (unpaired) electrons. The summed E-state index contributed by atoms with van der Waals surface area (Å²) in [5.74, 6) is -3.68. The smallest absolute Gasteiger partial charge is 0.333 e. The monoisotopic (exact) mass is 608 g/mol. The van der Waals surface area contributed by atoms with Crippen molar-refractivity contribution < 1.29 is 54.6 Å². The molecule has 246 valence electrons. The normalized spacial score (nSPS) is 20.1. The number of rotatable bonds is 13. The number of aliphatic hydroxyl groups excluding tert-OH is 1. The average molecular weight is 609 g/mol. The van der Waals surface area contributed by atoms with Crippen molar-refractivity contribution >= 4 is 29.8 Å². The fourth-order valence-electron chi connectivity index (χ4n) is 4.15. The van der Waals surface area contributed by atoms with Crippen molar-refractivity contribution in [3.8, 4) is 0 Å². The summed E-state index contributed by atoms with van der Waals surface area (Å²) < 4.78 is 0. The number of hydrogen-bond acceptors (Lipinski definition) is 10. The predicted octanol–water partition coefficient (Wildman–Crippen LogP) is 0.214. The quantitative estimate of drug-likeness (QED) is 0.136. The molecule has 2 heterocycles. The second-order valence-corrected chi connectivity index (χ2v) is 11.0. The van der Waals surface area contributed by atoms with Gasteiger partial charge in [-0.3, -0.25) is 24.1 Å². The number of carboxylic acid groups (broad SMARTS) is 5. The zero-order valence-corrected chi connectivity index (χ0v) is 25.6. The van der Waals surface area contributed by atoms with Gasteiger partial charge in [-0.1, -0.05) is 27.7 Å². The molecular formula is C27H52N4O11. The molecule has 2 fully saturated rings. The molecule has 2 rings (SSSR count). The molecule has 1 unspecified atom stereocenters. The van der Waals surface area contributed by atoms with Crippen LogP contribution in [0.2, 0.25) is 0 Å². The molecule has 0 saturated carbocycles. The molecule has 5 atom stereocenters. The number of β-amino-alcohol motifs (C(OH)–C–C–N with tert-alkyl or cyclic N) is 1. The zero-order chi connectivity index (χ0) is 33.0. The van der Waals surface area contributed by atoms with Gasteiger partial charge < -0.3 is 46.6 Å². The first kappa shape index (κ1) is 41.3. The fourth-order valence-corrected chi connectivity index (χ4v) is 4.15. The van der Waals surface area contributed by atoms with Crippen LogP contribution in [-0.4, -0.2) is 129 Å². The van der Waals surface area contributed by atoms with Crippen LogP contribution in [0.25, 0.3) is 0 Å².